The molecule has 4 heterocycles. The van der Waals surface area contributed by atoms with Gasteiger partial charge in [-0.3, -0.25) is 4.79 Å². The van der Waals surface area contributed by atoms with Gasteiger partial charge in [-0.2, -0.15) is 5.10 Å². The molecule has 3 aromatic heterocycles. The van der Waals surface area contributed by atoms with Crippen molar-refractivity contribution in [3.8, 4) is 5.82 Å². The molecule has 0 bridgehead atoms. The van der Waals surface area contributed by atoms with Gasteiger partial charge in [-0.25, -0.2) is 19.0 Å². The fraction of sp³-hybridized carbons (Fsp3) is 0.333. The van der Waals surface area contributed by atoms with Gasteiger partial charge in [0, 0.05) is 25.4 Å². The molecule has 1 aliphatic heterocycles. The number of alkyl halides is 1. The Morgan fingerprint density at radius 3 is 2.85 bits per heavy atom. The molecule has 10 heteroatoms. The summed E-state index contributed by atoms with van der Waals surface area (Å²) in [6, 6.07) is 6.77. The molecule has 1 saturated heterocycles. The third-order valence-electron chi connectivity index (χ3n) is 6.15. The van der Waals surface area contributed by atoms with Gasteiger partial charge in [-0.05, 0) is 56.1 Å². The van der Waals surface area contributed by atoms with E-state index in [-0.39, 0.29) is 11.6 Å². The first-order chi connectivity index (χ1) is 16.4. The fourth-order valence-corrected chi connectivity index (χ4v) is 4.32. The number of benzene rings is 1. The maximum Gasteiger partial charge on any atom is 0.258 e. The highest BCUT2D eigenvalue weighted by atomic mass is 35.5. The molecule has 0 aliphatic carbocycles. The van der Waals surface area contributed by atoms with E-state index in [1.54, 1.807) is 23.0 Å². The Hall–Kier alpha value is -3.30. The number of aromatic nitrogens is 5. The molecular formula is C24H25ClFN7O. The number of piperidine rings is 1. The van der Waals surface area contributed by atoms with Gasteiger partial charge in [-0.15, -0.1) is 0 Å². The molecule has 176 valence electrons. The molecule has 3 N–H and O–H groups in total. The van der Waals surface area contributed by atoms with Crippen LogP contribution < -0.4 is 16.2 Å². The smallest absolute Gasteiger partial charge is 0.258 e. The van der Waals surface area contributed by atoms with Crippen LogP contribution in [0.1, 0.15) is 29.1 Å². The third-order valence-corrected chi connectivity index (χ3v) is 6.46. The molecular weight excluding hydrogens is 457 g/mol. The number of aryl methyl sites for hydroxylation is 2. The molecule has 0 unspecified atom stereocenters. The number of H-pyrrole nitrogens is 1. The van der Waals surface area contributed by atoms with E-state index >= 15 is 0 Å². The van der Waals surface area contributed by atoms with Crippen molar-refractivity contribution < 1.29 is 4.39 Å². The van der Waals surface area contributed by atoms with E-state index < -0.39 is 6.17 Å². The highest BCUT2D eigenvalue weighted by Crippen LogP contribution is 2.28. The predicted octanol–water partition coefficient (Wildman–Crippen LogP) is 3.48. The zero-order valence-corrected chi connectivity index (χ0v) is 19.7. The van der Waals surface area contributed by atoms with Crippen molar-refractivity contribution >= 4 is 28.2 Å². The van der Waals surface area contributed by atoms with E-state index in [1.165, 1.54) is 0 Å². The van der Waals surface area contributed by atoms with Crippen LogP contribution in [0.4, 0.5) is 10.1 Å². The monoisotopic (exact) mass is 481 g/mol. The first-order valence-corrected chi connectivity index (χ1v) is 11.6. The second kappa shape index (κ2) is 9.15. The molecule has 1 aliphatic rings. The van der Waals surface area contributed by atoms with Crippen molar-refractivity contribution in [2.24, 2.45) is 0 Å². The van der Waals surface area contributed by atoms with Crippen LogP contribution in [0.2, 0.25) is 5.02 Å². The molecule has 34 heavy (non-hydrogen) atoms. The average molecular weight is 482 g/mol. The topological polar surface area (TPSA) is 101 Å². The Bertz CT molecular complexity index is 1380. The van der Waals surface area contributed by atoms with Crippen molar-refractivity contribution in [3.05, 3.63) is 74.7 Å². The van der Waals surface area contributed by atoms with Crippen LogP contribution in [0.25, 0.3) is 16.7 Å². The van der Waals surface area contributed by atoms with Crippen LogP contribution in [-0.4, -0.2) is 50.0 Å². The predicted molar refractivity (Wildman–Crippen MR) is 131 cm³/mol. The lowest BCUT2D eigenvalue weighted by Gasteiger charge is -2.28. The Morgan fingerprint density at radius 1 is 1.29 bits per heavy atom. The molecule has 2 atom stereocenters. The lowest BCUT2D eigenvalue weighted by molar-refractivity contribution is 0.245. The number of pyridine rings is 1. The number of hydrogen-bond donors (Lipinski definition) is 3. The summed E-state index contributed by atoms with van der Waals surface area (Å²) in [6.45, 7) is 5.00. The summed E-state index contributed by atoms with van der Waals surface area (Å²) in [4.78, 5) is 24.7. The summed E-state index contributed by atoms with van der Waals surface area (Å²) in [7, 11) is 0. The quantitative estimate of drug-likeness (QED) is 0.403. The zero-order chi connectivity index (χ0) is 23.8. The SMILES string of the molecule is Cc1cn(-c2ccc(Cc3nc4cc(N[C@@H]5CCNC[C@H]5F)c(Cl)cc4c(=O)[nH]3)cn2)nc1C. The first kappa shape index (κ1) is 22.5. The third kappa shape index (κ3) is 4.53. The molecule has 0 spiro atoms. The van der Waals surface area contributed by atoms with Gasteiger partial charge in [0.05, 0.1) is 33.3 Å². The van der Waals surface area contributed by atoms with Gasteiger partial charge >= 0.3 is 0 Å². The van der Waals surface area contributed by atoms with Crippen molar-refractivity contribution in [2.45, 2.75) is 38.9 Å². The molecule has 4 aromatic rings. The fourth-order valence-electron chi connectivity index (χ4n) is 4.10. The van der Waals surface area contributed by atoms with Crippen LogP contribution in [0.5, 0.6) is 0 Å². The molecule has 1 fully saturated rings. The molecule has 0 saturated carbocycles. The summed E-state index contributed by atoms with van der Waals surface area (Å²) in [5.41, 5.74) is 3.76. The van der Waals surface area contributed by atoms with E-state index in [4.69, 9.17) is 11.6 Å². The maximum atomic E-state index is 14.3. The Balaban J connectivity index is 1.40. The average Bonchev–Trinajstić information content (AvgIpc) is 3.15. The lowest BCUT2D eigenvalue weighted by Crippen LogP contribution is -2.45. The molecule has 8 nitrogen and oxygen atoms in total. The molecule has 5 rings (SSSR count). The van der Waals surface area contributed by atoms with E-state index in [0.29, 0.717) is 52.6 Å². The number of hydrogen-bond acceptors (Lipinski definition) is 6. The van der Waals surface area contributed by atoms with Crippen molar-refractivity contribution in [1.82, 2.24) is 30.0 Å². The minimum Gasteiger partial charge on any atom is -0.378 e. The van der Waals surface area contributed by atoms with E-state index in [9.17, 15) is 9.18 Å². The van der Waals surface area contributed by atoms with Crippen LogP contribution in [0.15, 0.2) is 41.5 Å². The number of nitrogens with one attached hydrogen (secondary N) is 3. The summed E-state index contributed by atoms with van der Waals surface area (Å²) in [5.74, 6) is 1.23. The minimum absolute atomic E-state index is 0.272. The summed E-state index contributed by atoms with van der Waals surface area (Å²) in [5, 5.41) is 11.4. The van der Waals surface area contributed by atoms with Crippen LogP contribution in [0, 0.1) is 13.8 Å². The largest absolute Gasteiger partial charge is 0.378 e. The Kier molecular flexibility index (Phi) is 6.05. The highest BCUT2D eigenvalue weighted by Gasteiger charge is 2.25. The number of halogens is 2. The maximum absolute atomic E-state index is 14.3. The van der Waals surface area contributed by atoms with Crippen molar-refractivity contribution in [1.29, 1.82) is 0 Å². The van der Waals surface area contributed by atoms with Gasteiger partial charge in [0.15, 0.2) is 5.82 Å². The standard InChI is InChI=1S/C24H25ClFN7O/c1-13-12-33(32-14(13)2)23-4-3-15(10-28-23)7-22-30-20-9-21(17(25)8-16(20)24(34)31-22)29-19-5-6-27-11-18(19)26/h3-4,8-10,12,18-19,27,29H,5-7,11H2,1-2H3,(H,30,31,34)/t18-,19-/m1/s1. The van der Waals surface area contributed by atoms with Crippen molar-refractivity contribution in [2.75, 3.05) is 18.4 Å². The highest BCUT2D eigenvalue weighted by molar-refractivity contribution is 6.34. The number of fused-ring (bicyclic) bond motifs is 1. The summed E-state index contributed by atoms with van der Waals surface area (Å²) >= 11 is 6.39. The molecule has 0 amide bonds. The zero-order valence-electron chi connectivity index (χ0n) is 18.9. The molecule has 1 aromatic carbocycles. The first-order valence-electron chi connectivity index (χ1n) is 11.2. The summed E-state index contributed by atoms with van der Waals surface area (Å²) in [6.07, 6.45) is 3.71. The van der Waals surface area contributed by atoms with Gasteiger partial charge < -0.3 is 15.6 Å². The lowest BCUT2D eigenvalue weighted by atomic mass is 10.0. The minimum atomic E-state index is -1.02. The number of anilines is 1. The van der Waals surface area contributed by atoms with Gasteiger partial charge in [-0.1, -0.05) is 17.7 Å². The number of aromatic amines is 1. The second-order valence-corrected chi connectivity index (χ2v) is 9.07. The van der Waals surface area contributed by atoms with Gasteiger partial charge in [0.25, 0.3) is 5.56 Å². The van der Waals surface area contributed by atoms with E-state index in [2.05, 4.69) is 30.7 Å². The number of nitrogens with zero attached hydrogens (tertiary/aromatic N) is 4. The number of rotatable bonds is 5. The van der Waals surface area contributed by atoms with Gasteiger partial charge in [0.2, 0.25) is 0 Å². The Labute approximate surface area is 200 Å². The van der Waals surface area contributed by atoms with Crippen LogP contribution >= 0.6 is 11.6 Å². The van der Waals surface area contributed by atoms with E-state index in [1.807, 2.05) is 32.2 Å². The van der Waals surface area contributed by atoms with Crippen LogP contribution in [-0.2, 0) is 6.42 Å². The summed E-state index contributed by atoms with van der Waals surface area (Å²) < 4.78 is 16.0. The van der Waals surface area contributed by atoms with Crippen molar-refractivity contribution in [3.63, 3.8) is 0 Å². The second-order valence-electron chi connectivity index (χ2n) is 8.66. The van der Waals surface area contributed by atoms with Crippen LogP contribution in [0.3, 0.4) is 0 Å². The van der Waals surface area contributed by atoms with Gasteiger partial charge in [0.1, 0.15) is 12.0 Å². The van der Waals surface area contributed by atoms with E-state index in [0.717, 1.165) is 23.4 Å². The normalized spacial score (nSPS) is 18.4. The Morgan fingerprint density at radius 2 is 2.15 bits per heavy atom. The molecule has 0 radical (unpaired) electrons.